The molecule has 9 heteroatoms. The molecule has 0 radical (unpaired) electrons. The van der Waals surface area contributed by atoms with E-state index in [1.165, 1.54) is 24.3 Å². The molecule has 2 heterocycles. The molecule has 2 aromatic carbocycles. The Labute approximate surface area is 168 Å². The van der Waals surface area contributed by atoms with E-state index in [0.29, 0.717) is 33.7 Å². The molecule has 0 aliphatic heterocycles. The molecule has 0 atom stereocenters. The summed E-state index contributed by atoms with van der Waals surface area (Å²) < 4.78 is 42.8. The van der Waals surface area contributed by atoms with Crippen molar-refractivity contribution in [1.82, 2.24) is 9.38 Å². The first-order valence-electron chi connectivity index (χ1n) is 8.77. The number of hydrogen-bond donors (Lipinski definition) is 2. The molecule has 0 saturated carbocycles. The number of hydrogen-bond acceptors (Lipinski definition) is 5. The Kier molecular flexibility index (Phi) is 4.78. The lowest BCUT2D eigenvalue weighted by Crippen LogP contribution is -2.16. The second kappa shape index (κ2) is 7.43. The molecule has 30 heavy (non-hydrogen) atoms. The van der Waals surface area contributed by atoms with E-state index in [4.69, 9.17) is 5.73 Å². The summed E-state index contributed by atoms with van der Waals surface area (Å²) in [5.41, 5.74) is 9.32. The molecule has 3 N–H and O–H groups in total. The third-order valence-electron chi connectivity index (χ3n) is 4.43. The standard InChI is InChI=1S/C21H15F3N4O2/c22-21(23,24)30-16-9-6-14(7-10-16)19-20(25)26-17-11-8-15(12-28(17)19)18(27-29)13-4-2-1-3-5-13/h1-12,29H,25H2/b27-18+. The van der Waals surface area contributed by atoms with Crippen molar-refractivity contribution in [3.63, 3.8) is 0 Å². The number of halogens is 3. The van der Waals surface area contributed by atoms with Crippen molar-refractivity contribution in [1.29, 1.82) is 0 Å². The number of benzene rings is 2. The maximum atomic E-state index is 12.4. The van der Waals surface area contributed by atoms with E-state index in [2.05, 4.69) is 14.9 Å². The average Bonchev–Trinajstić information content (AvgIpc) is 3.04. The van der Waals surface area contributed by atoms with Crippen molar-refractivity contribution in [2.24, 2.45) is 5.16 Å². The average molecular weight is 412 g/mol. The predicted octanol–water partition coefficient (Wildman–Crippen LogP) is 4.71. The summed E-state index contributed by atoms with van der Waals surface area (Å²) in [5.74, 6) is -0.128. The van der Waals surface area contributed by atoms with Gasteiger partial charge in [0.1, 0.15) is 17.1 Å². The van der Waals surface area contributed by atoms with Crippen LogP contribution in [-0.2, 0) is 0 Å². The molecule has 4 rings (SSSR count). The van der Waals surface area contributed by atoms with Crippen LogP contribution in [0.15, 0.2) is 78.1 Å². The molecule has 0 fully saturated rings. The molecule has 0 saturated heterocycles. The van der Waals surface area contributed by atoms with Gasteiger partial charge in [0.15, 0.2) is 5.82 Å². The summed E-state index contributed by atoms with van der Waals surface area (Å²) in [6.45, 7) is 0. The molecule has 0 aliphatic rings. The quantitative estimate of drug-likeness (QED) is 0.289. The Morgan fingerprint density at radius 3 is 2.30 bits per heavy atom. The number of rotatable bonds is 4. The topological polar surface area (TPSA) is 85.1 Å². The minimum atomic E-state index is -4.77. The summed E-state index contributed by atoms with van der Waals surface area (Å²) in [6.07, 6.45) is -3.06. The van der Waals surface area contributed by atoms with Crippen LogP contribution < -0.4 is 10.5 Å². The highest BCUT2D eigenvalue weighted by Crippen LogP contribution is 2.30. The van der Waals surface area contributed by atoms with Gasteiger partial charge in [-0.2, -0.15) is 0 Å². The number of pyridine rings is 1. The molecule has 2 aromatic heterocycles. The van der Waals surface area contributed by atoms with Crippen LogP contribution in [0.25, 0.3) is 16.9 Å². The zero-order valence-electron chi connectivity index (χ0n) is 15.3. The zero-order valence-corrected chi connectivity index (χ0v) is 15.3. The molecule has 0 bridgehead atoms. The number of anilines is 1. The second-order valence-electron chi connectivity index (χ2n) is 6.38. The smallest absolute Gasteiger partial charge is 0.410 e. The lowest BCUT2D eigenvalue weighted by Gasteiger charge is -2.10. The summed E-state index contributed by atoms with van der Waals surface area (Å²) in [5, 5.41) is 13.0. The minimum absolute atomic E-state index is 0.207. The highest BCUT2D eigenvalue weighted by atomic mass is 19.4. The first-order valence-corrected chi connectivity index (χ1v) is 8.77. The van der Waals surface area contributed by atoms with E-state index in [0.717, 1.165) is 0 Å². The van der Waals surface area contributed by atoms with Gasteiger partial charge in [-0.1, -0.05) is 35.5 Å². The van der Waals surface area contributed by atoms with Gasteiger partial charge >= 0.3 is 6.36 Å². The molecule has 152 valence electrons. The zero-order chi connectivity index (χ0) is 21.3. The fourth-order valence-corrected chi connectivity index (χ4v) is 3.18. The molecule has 0 amide bonds. The third-order valence-corrected chi connectivity index (χ3v) is 4.43. The number of imidazole rings is 1. The Morgan fingerprint density at radius 1 is 0.967 bits per heavy atom. The number of alkyl halides is 3. The lowest BCUT2D eigenvalue weighted by atomic mass is 10.0. The normalized spacial score (nSPS) is 12.3. The summed E-state index contributed by atoms with van der Waals surface area (Å²) in [4.78, 5) is 4.30. The minimum Gasteiger partial charge on any atom is -0.410 e. The molecule has 0 spiro atoms. The number of nitrogen functional groups attached to an aromatic ring is 1. The number of ether oxygens (including phenoxy) is 1. The van der Waals surface area contributed by atoms with E-state index >= 15 is 0 Å². The molecule has 0 unspecified atom stereocenters. The monoisotopic (exact) mass is 412 g/mol. The van der Waals surface area contributed by atoms with Crippen molar-refractivity contribution < 1.29 is 23.1 Å². The number of nitrogens with two attached hydrogens (primary N) is 1. The van der Waals surface area contributed by atoms with Gasteiger partial charge in [-0.3, -0.25) is 4.40 Å². The second-order valence-corrected chi connectivity index (χ2v) is 6.38. The van der Waals surface area contributed by atoms with E-state index in [1.54, 1.807) is 22.7 Å². The van der Waals surface area contributed by atoms with Crippen LogP contribution in [0.2, 0.25) is 0 Å². The van der Waals surface area contributed by atoms with E-state index < -0.39 is 6.36 Å². The van der Waals surface area contributed by atoms with Crippen molar-refractivity contribution >= 4 is 17.2 Å². The lowest BCUT2D eigenvalue weighted by molar-refractivity contribution is -0.274. The molecular weight excluding hydrogens is 397 g/mol. The fourth-order valence-electron chi connectivity index (χ4n) is 3.18. The highest BCUT2D eigenvalue weighted by molar-refractivity contribution is 6.12. The van der Waals surface area contributed by atoms with Crippen LogP contribution in [0.4, 0.5) is 19.0 Å². The van der Waals surface area contributed by atoms with Crippen molar-refractivity contribution in [2.75, 3.05) is 5.73 Å². The van der Waals surface area contributed by atoms with Gasteiger partial charge in [-0.25, -0.2) is 4.98 Å². The van der Waals surface area contributed by atoms with Crippen LogP contribution in [0.5, 0.6) is 5.75 Å². The molecule has 4 aromatic rings. The number of nitrogens with zero attached hydrogens (tertiary/aromatic N) is 3. The fraction of sp³-hybridized carbons (Fsp3) is 0.0476. The summed E-state index contributed by atoms with van der Waals surface area (Å²) in [7, 11) is 0. The highest BCUT2D eigenvalue weighted by Gasteiger charge is 2.31. The van der Waals surface area contributed by atoms with Gasteiger partial charge < -0.3 is 15.7 Å². The van der Waals surface area contributed by atoms with Crippen LogP contribution >= 0.6 is 0 Å². The van der Waals surface area contributed by atoms with E-state index in [1.807, 2.05) is 30.3 Å². The maximum absolute atomic E-state index is 12.4. The van der Waals surface area contributed by atoms with Crippen LogP contribution in [-0.4, -0.2) is 26.7 Å². The first kappa shape index (κ1) is 19.3. The number of oxime groups is 1. The van der Waals surface area contributed by atoms with Crippen molar-refractivity contribution in [3.8, 4) is 17.0 Å². The number of aromatic nitrogens is 2. The first-order chi connectivity index (χ1) is 14.4. The van der Waals surface area contributed by atoms with E-state index in [9.17, 15) is 18.4 Å². The Hall–Kier alpha value is -4.01. The van der Waals surface area contributed by atoms with Gasteiger partial charge in [0.05, 0.1) is 5.69 Å². The maximum Gasteiger partial charge on any atom is 0.573 e. The Bertz CT molecular complexity index is 1220. The van der Waals surface area contributed by atoms with Crippen LogP contribution in [0.1, 0.15) is 11.1 Å². The predicted molar refractivity (Wildman–Crippen MR) is 106 cm³/mol. The van der Waals surface area contributed by atoms with E-state index in [-0.39, 0.29) is 11.6 Å². The van der Waals surface area contributed by atoms with Gasteiger partial charge in [-0.05, 0) is 36.4 Å². The van der Waals surface area contributed by atoms with Crippen LogP contribution in [0, 0.1) is 0 Å². The summed E-state index contributed by atoms with van der Waals surface area (Å²) in [6, 6.07) is 17.9. The van der Waals surface area contributed by atoms with Gasteiger partial charge in [0, 0.05) is 22.9 Å². The van der Waals surface area contributed by atoms with Gasteiger partial charge in [0.2, 0.25) is 0 Å². The summed E-state index contributed by atoms with van der Waals surface area (Å²) >= 11 is 0. The van der Waals surface area contributed by atoms with Gasteiger partial charge in [0.25, 0.3) is 0 Å². The Balaban J connectivity index is 1.78. The van der Waals surface area contributed by atoms with Crippen molar-refractivity contribution in [2.45, 2.75) is 6.36 Å². The van der Waals surface area contributed by atoms with Crippen molar-refractivity contribution in [3.05, 3.63) is 84.1 Å². The molecular formula is C21H15F3N4O2. The SMILES string of the molecule is Nc1nc2ccc(/C(=N/O)c3ccccc3)cn2c1-c1ccc(OC(F)(F)F)cc1. The Morgan fingerprint density at radius 2 is 1.67 bits per heavy atom. The van der Waals surface area contributed by atoms with Gasteiger partial charge in [-0.15, -0.1) is 13.2 Å². The molecule has 6 nitrogen and oxygen atoms in total. The third kappa shape index (κ3) is 3.77. The number of fused-ring (bicyclic) bond motifs is 1. The largest absolute Gasteiger partial charge is 0.573 e. The molecule has 0 aliphatic carbocycles. The van der Waals surface area contributed by atoms with Crippen LogP contribution in [0.3, 0.4) is 0 Å².